The number of esters is 3. The third-order valence-electron chi connectivity index (χ3n) is 15.0. The minimum Gasteiger partial charge on any atom is -0.462 e. The third kappa shape index (κ3) is 63.8. The van der Waals surface area contributed by atoms with Gasteiger partial charge in [-0.2, -0.15) is 0 Å². The average Bonchev–Trinajstić information content (AvgIpc) is 3.43. The molecule has 0 aromatic rings. The molecule has 0 aliphatic carbocycles. The van der Waals surface area contributed by atoms with Crippen molar-refractivity contribution in [2.24, 2.45) is 0 Å². The number of hydrogen-bond acceptors (Lipinski definition) is 6. The van der Waals surface area contributed by atoms with Gasteiger partial charge in [0, 0.05) is 19.3 Å². The number of rotatable bonds is 62. The molecule has 1 atom stereocenters. The topological polar surface area (TPSA) is 78.9 Å². The maximum absolute atomic E-state index is 12.9. The van der Waals surface area contributed by atoms with E-state index < -0.39 is 6.10 Å². The molecule has 1 unspecified atom stereocenters. The fourth-order valence-electron chi connectivity index (χ4n) is 9.88. The Balaban J connectivity index is 4.09. The van der Waals surface area contributed by atoms with E-state index in [-0.39, 0.29) is 31.1 Å². The van der Waals surface area contributed by atoms with Crippen LogP contribution in [0.5, 0.6) is 0 Å². The smallest absolute Gasteiger partial charge is 0.306 e. The molecule has 0 radical (unpaired) electrons. The van der Waals surface area contributed by atoms with Crippen molar-refractivity contribution in [1.29, 1.82) is 0 Å². The van der Waals surface area contributed by atoms with E-state index in [0.29, 0.717) is 19.3 Å². The SMILES string of the molecule is CCCC/C=C\C/C=C\CCCCCCCC(=O)OC(COC(=O)CCCCCCCCCCCCCC)COC(=O)CCCCCCCCCCCCCCCCCCCC/C=C\C/C=C\C/C=C\CCCCCCC. The Morgan fingerprint density at radius 3 is 0.766 bits per heavy atom. The van der Waals surface area contributed by atoms with E-state index in [9.17, 15) is 14.4 Å². The first kappa shape index (κ1) is 74.1. The minimum atomic E-state index is -0.778. The molecule has 0 N–H and O–H groups in total. The molecular weight excluding hydrogens is 949 g/mol. The van der Waals surface area contributed by atoms with Gasteiger partial charge in [0.1, 0.15) is 13.2 Å². The van der Waals surface area contributed by atoms with Gasteiger partial charge in [-0.25, -0.2) is 0 Å². The Morgan fingerprint density at radius 1 is 0.260 bits per heavy atom. The van der Waals surface area contributed by atoms with Crippen molar-refractivity contribution in [3.05, 3.63) is 60.8 Å². The number of carbonyl (C=O) groups excluding carboxylic acids is 3. The van der Waals surface area contributed by atoms with Gasteiger partial charge in [0.15, 0.2) is 6.10 Å². The predicted octanol–water partition coefficient (Wildman–Crippen LogP) is 23.1. The van der Waals surface area contributed by atoms with Crippen LogP contribution in [0.4, 0.5) is 0 Å². The summed E-state index contributed by atoms with van der Waals surface area (Å²) in [6, 6.07) is 0. The first-order valence-electron chi connectivity index (χ1n) is 33.8. The van der Waals surface area contributed by atoms with Gasteiger partial charge in [-0.15, -0.1) is 0 Å². The van der Waals surface area contributed by atoms with E-state index in [2.05, 4.69) is 81.5 Å². The van der Waals surface area contributed by atoms with Crippen molar-refractivity contribution in [3.63, 3.8) is 0 Å². The monoisotopic (exact) mass is 1080 g/mol. The summed E-state index contributed by atoms with van der Waals surface area (Å²) in [6.45, 7) is 6.61. The Kier molecular flexibility index (Phi) is 63.2. The summed E-state index contributed by atoms with van der Waals surface area (Å²) in [5.74, 6) is -0.871. The minimum absolute atomic E-state index is 0.0751. The van der Waals surface area contributed by atoms with E-state index in [0.717, 1.165) is 96.3 Å². The van der Waals surface area contributed by atoms with Crippen LogP contribution in [0, 0.1) is 0 Å². The van der Waals surface area contributed by atoms with Gasteiger partial charge in [-0.1, -0.05) is 313 Å². The third-order valence-corrected chi connectivity index (χ3v) is 15.0. The molecule has 0 bridgehead atoms. The molecule has 0 aliphatic heterocycles. The van der Waals surface area contributed by atoms with Crippen molar-refractivity contribution in [1.82, 2.24) is 0 Å². The van der Waals surface area contributed by atoms with Crippen molar-refractivity contribution in [2.75, 3.05) is 13.2 Å². The van der Waals surface area contributed by atoms with Crippen LogP contribution in [-0.2, 0) is 28.6 Å². The van der Waals surface area contributed by atoms with Gasteiger partial charge in [-0.05, 0) is 83.5 Å². The average molecular weight is 1080 g/mol. The lowest BCUT2D eigenvalue weighted by molar-refractivity contribution is -0.167. The summed E-state index contributed by atoms with van der Waals surface area (Å²) in [5.41, 5.74) is 0. The summed E-state index contributed by atoms with van der Waals surface area (Å²) >= 11 is 0. The maximum Gasteiger partial charge on any atom is 0.306 e. The molecule has 0 saturated heterocycles. The summed E-state index contributed by atoms with van der Waals surface area (Å²) in [4.78, 5) is 38.2. The number of allylic oxidation sites excluding steroid dienone is 10. The highest BCUT2D eigenvalue weighted by Gasteiger charge is 2.19. The van der Waals surface area contributed by atoms with Gasteiger partial charge in [0.25, 0.3) is 0 Å². The van der Waals surface area contributed by atoms with E-state index in [1.807, 2.05) is 0 Å². The molecule has 0 fully saturated rings. The molecule has 0 amide bonds. The second-order valence-electron chi connectivity index (χ2n) is 22.7. The molecule has 77 heavy (non-hydrogen) atoms. The van der Waals surface area contributed by atoms with E-state index in [4.69, 9.17) is 14.2 Å². The van der Waals surface area contributed by atoms with E-state index in [1.165, 1.54) is 218 Å². The molecule has 0 spiro atoms. The molecule has 0 heterocycles. The molecular formula is C71H128O6. The van der Waals surface area contributed by atoms with Gasteiger partial charge in [-0.3, -0.25) is 14.4 Å². The standard InChI is InChI=1S/C71H128O6/c1-4-7-10-13-16-19-22-25-27-28-29-30-31-32-33-34-35-36-37-38-39-40-41-42-43-44-45-47-49-52-55-58-61-64-70(73)76-67-68(66-75-69(72)63-60-57-54-51-48-24-21-18-15-12-9-6-3)77-71(74)65-62-59-56-53-50-46-26-23-20-17-14-11-8-5-2/h14,17,22-23,25-26,28-29,31-32,68H,4-13,15-16,18-21,24,27,30,33-67H2,1-3H3/b17-14-,25-22-,26-23-,29-28-,32-31-. The lowest BCUT2D eigenvalue weighted by Crippen LogP contribution is -2.30. The second-order valence-corrected chi connectivity index (χ2v) is 22.7. The Hall–Kier alpha value is -2.89. The van der Waals surface area contributed by atoms with Crippen LogP contribution in [-0.4, -0.2) is 37.2 Å². The number of ether oxygens (including phenoxy) is 3. The second kappa shape index (κ2) is 65.6. The zero-order valence-corrected chi connectivity index (χ0v) is 51.5. The largest absolute Gasteiger partial charge is 0.462 e. The van der Waals surface area contributed by atoms with Crippen molar-refractivity contribution in [2.45, 2.75) is 361 Å². The van der Waals surface area contributed by atoms with E-state index >= 15 is 0 Å². The maximum atomic E-state index is 12.9. The zero-order valence-electron chi connectivity index (χ0n) is 51.5. The number of hydrogen-bond donors (Lipinski definition) is 0. The van der Waals surface area contributed by atoms with Crippen molar-refractivity contribution >= 4 is 17.9 Å². The molecule has 6 nitrogen and oxygen atoms in total. The zero-order chi connectivity index (χ0) is 55.7. The van der Waals surface area contributed by atoms with E-state index in [1.54, 1.807) is 0 Å². The van der Waals surface area contributed by atoms with Crippen LogP contribution >= 0.6 is 0 Å². The van der Waals surface area contributed by atoms with Gasteiger partial charge >= 0.3 is 17.9 Å². The van der Waals surface area contributed by atoms with Gasteiger partial charge in [0.2, 0.25) is 0 Å². The van der Waals surface area contributed by atoms with Gasteiger partial charge < -0.3 is 14.2 Å². The molecule has 0 rings (SSSR count). The number of carbonyl (C=O) groups is 3. The predicted molar refractivity (Wildman–Crippen MR) is 335 cm³/mol. The molecule has 6 heteroatoms. The van der Waals surface area contributed by atoms with Crippen LogP contribution < -0.4 is 0 Å². The quantitative estimate of drug-likeness (QED) is 0.0261. The van der Waals surface area contributed by atoms with Crippen LogP contribution in [0.3, 0.4) is 0 Å². The fourth-order valence-corrected chi connectivity index (χ4v) is 9.88. The summed E-state index contributed by atoms with van der Waals surface area (Å²) in [7, 11) is 0. The lowest BCUT2D eigenvalue weighted by atomic mass is 10.0. The normalized spacial score (nSPS) is 12.4. The Bertz CT molecular complexity index is 1380. The number of unbranched alkanes of at least 4 members (excludes halogenated alkanes) is 41. The first-order valence-corrected chi connectivity index (χ1v) is 33.8. The molecule has 0 aromatic carbocycles. The van der Waals surface area contributed by atoms with Crippen molar-refractivity contribution < 1.29 is 28.6 Å². The highest BCUT2D eigenvalue weighted by Crippen LogP contribution is 2.17. The fraction of sp³-hybridized carbons (Fsp3) is 0.817. The summed E-state index contributed by atoms with van der Waals surface area (Å²) in [5, 5.41) is 0. The van der Waals surface area contributed by atoms with Crippen LogP contribution in [0.2, 0.25) is 0 Å². The lowest BCUT2D eigenvalue weighted by Gasteiger charge is -2.18. The van der Waals surface area contributed by atoms with Crippen LogP contribution in [0.25, 0.3) is 0 Å². The van der Waals surface area contributed by atoms with Crippen LogP contribution in [0.1, 0.15) is 355 Å². The Labute approximate surface area is 479 Å². The van der Waals surface area contributed by atoms with Crippen molar-refractivity contribution in [3.8, 4) is 0 Å². The Morgan fingerprint density at radius 2 is 0.481 bits per heavy atom. The van der Waals surface area contributed by atoms with Crippen LogP contribution in [0.15, 0.2) is 60.8 Å². The van der Waals surface area contributed by atoms with Gasteiger partial charge in [0.05, 0.1) is 0 Å². The molecule has 0 aromatic heterocycles. The molecule has 0 saturated carbocycles. The highest BCUT2D eigenvalue weighted by molar-refractivity contribution is 5.71. The highest BCUT2D eigenvalue weighted by atomic mass is 16.6. The molecule has 0 aliphatic rings. The first-order chi connectivity index (χ1) is 38.0. The summed E-state index contributed by atoms with van der Waals surface area (Å²) in [6.07, 6.45) is 84.0. The molecule has 448 valence electrons. The summed E-state index contributed by atoms with van der Waals surface area (Å²) < 4.78 is 16.9.